The summed E-state index contributed by atoms with van der Waals surface area (Å²) in [6.07, 6.45) is 5.55. The van der Waals surface area contributed by atoms with Crippen molar-refractivity contribution in [2.75, 3.05) is 13.7 Å². The van der Waals surface area contributed by atoms with Crippen LogP contribution in [0.25, 0.3) is 0 Å². The van der Waals surface area contributed by atoms with Crippen LogP contribution in [-0.2, 0) is 4.74 Å². The highest BCUT2D eigenvalue weighted by molar-refractivity contribution is 4.79. The molecule has 2 atom stereocenters. The van der Waals surface area contributed by atoms with E-state index in [2.05, 4.69) is 25.7 Å². The summed E-state index contributed by atoms with van der Waals surface area (Å²) in [4.78, 5) is 0. The molecule has 0 aliphatic carbocycles. The highest BCUT2D eigenvalue weighted by atomic mass is 16.5. The van der Waals surface area contributed by atoms with E-state index in [9.17, 15) is 0 Å². The molecular weight excluding hydrogens is 162 g/mol. The van der Waals surface area contributed by atoms with E-state index >= 15 is 0 Å². The third-order valence-corrected chi connectivity index (χ3v) is 2.15. The molecule has 0 spiro atoms. The molecule has 0 bridgehead atoms. The maximum Gasteiger partial charge on any atom is 0.0558 e. The van der Waals surface area contributed by atoms with Crippen molar-refractivity contribution < 1.29 is 4.74 Å². The monoisotopic (exact) mass is 185 g/mol. The van der Waals surface area contributed by atoms with Gasteiger partial charge in [0.15, 0.2) is 0 Å². The van der Waals surface area contributed by atoms with E-state index in [0.717, 1.165) is 19.4 Å². The molecule has 0 aromatic carbocycles. The number of hydrogen-bond acceptors (Lipinski definition) is 2. The lowest BCUT2D eigenvalue weighted by Crippen LogP contribution is -2.32. The van der Waals surface area contributed by atoms with Gasteiger partial charge in [-0.25, -0.2) is 0 Å². The highest BCUT2D eigenvalue weighted by Gasteiger charge is 2.09. The van der Waals surface area contributed by atoms with Crippen LogP contribution in [0.3, 0.4) is 0 Å². The van der Waals surface area contributed by atoms with E-state index in [1.54, 1.807) is 7.11 Å². The van der Waals surface area contributed by atoms with Crippen molar-refractivity contribution >= 4 is 0 Å². The Kier molecular flexibility index (Phi) is 8.05. The normalized spacial score (nSPS) is 15.3. The van der Waals surface area contributed by atoms with Crippen molar-refractivity contribution in [3.63, 3.8) is 0 Å². The zero-order valence-electron chi connectivity index (χ0n) is 9.18. The molecule has 0 aromatic rings. The molecule has 0 heterocycles. The Hall–Kier alpha value is -0.340. The molecular formula is C11H23NO. The van der Waals surface area contributed by atoms with Crippen LogP contribution in [0.4, 0.5) is 0 Å². The maximum absolute atomic E-state index is 5.23. The van der Waals surface area contributed by atoms with Crippen LogP contribution in [0, 0.1) is 0 Å². The summed E-state index contributed by atoms with van der Waals surface area (Å²) in [7, 11) is 1.76. The lowest BCUT2D eigenvalue weighted by atomic mass is 10.1. The number of rotatable bonds is 8. The third kappa shape index (κ3) is 6.79. The summed E-state index contributed by atoms with van der Waals surface area (Å²) in [5, 5.41) is 3.48. The zero-order chi connectivity index (χ0) is 10.1. The summed E-state index contributed by atoms with van der Waals surface area (Å²) >= 11 is 0. The summed E-state index contributed by atoms with van der Waals surface area (Å²) in [6, 6.07) is 0.521. The van der Waals surface area contributed by atoms with Gasteiger partial charge in [0.2, 0.25) is 0 Å². The van der Waals surface area contributed by atoms with Gasteiger partial charge in [-0.1, -0.05) is 13.0 Å². The standard InChI is InChI=1S/C11H23NO/c1-5-7-11(12-8-6-2)9-10(3)13-4/h5,10-12H,1,6-9H2,2-4H3. The second-order valence-corrected chi connectivity index (χ2v) is 3.46. The van der Waals surface area contributed by atoms with Gasteiger partial charge in [0, 0.05) is 13.2 Å². The first-order chi connectivity index (χ1) is 6.24. The van der Waals surface area contributed by atoms with Crippen LogP contribution in [0.5, 0.6) is 0 Å². The van der Waals surface area contributed by atoms with Crippen LogP contribution in [0.1, 0.15) is 33.1 Å². The van der Waals surface area contributed by atoms with Crippen LogP contribution in [-0.4, -0.2) is 25.8 Å². The van der Waals surface area contributed by atoms with Crippen molar-refractivity contribution in [3.8, 4) is 0 Å². The predicted octanol–water partition coefficient (Wildman–Crippen LogP) is 2.36. The van der Waals surface area contributed by atoms with Gasteiger partial charge in [-0.05, 0) is 32.7 Å². The van der Waals surface area contributed by atoms with Crippen LogP contribution in [0.2, 0.25) is 0 Å². The zero-order valence-corrected chi connectivity index (χ0v) is 9.18. The molecule has 13 heavy (non-hydrogen) atoms. The molecule has 0 aliphatic heterocycles. The van der Waals surface area contributed by atoms with Crippen molar-refractivity contribution in [1.82, 2.24) is 5.32 Å². The molecule has 0 amide bonds. The summed E-state index contributed by atoms with van der Waals surface area (Å²) < 4.78 is 5.23. The van der Waals surface area contributed by atoms with Crippen molar-refractivity contribution in [2.24, 2.45) is 0 Å². The van der Waals surface area contributed by atoms with E-state index in [1.807, 2.05) is 6.08 Å². The fourth-order valence-electron chi connectivity index (χ4n) is 1.31. The van der Waals surface area contributed by atoms with Crippen molar-refractivity contribution in [3.05, 3.63) is 12.7 Å². The Morgan fingerprint density at radius 1 is 1.54 bits per heavy atom. The topological polar surface area (TPSA) is 21.3 Å². The van der Waals surface area contributed by atoms with Crippen molar-refractivity contribution in [2.45, 2.75) is 45.3 Å². The average Bonchev–Trinajstić information content (AvgIpc) is 2.14. The fraction of sp³-hybridized carbons (Fsp3) is 0.818. The summed E-state index contributed by atoms with van der Waals surface area (Å²) in [5.74, 6) is 0. The molecule has 0 rings (SSSR count). The minimum Gasteiger partial charge on any atom is -0.382 e. The number of ether oxygens (including phenoxy) is 1. The molecule has 0 aliphatic rings. The van der Waals surface area contributed by atoms with Gasteiger partial charge in [0.25, 0.3) is 0 Å². The molecule has 0 fully saturated rings. The fourth-order valence-corrected chi connectivity index (χ4v) is 1.31. The van der Waals surface area contributed by atoms with E-state index in [1.165, 1.54) is 6.42 Å². The van der Waals surface area contributed by atoms with Gasteiger partial charge in [0.05, 0.1) is 6.10 Å². The predicted molar refractivity (Wildman–Crippen MR) is 58.0 cm³/mol. The first-order valence-electron chi connectivity index (χ1n) is 5.11. The smallest absolute Gasteiger partial charge is 0.0558 e. The minimum atomic E-state index is 0.328. The molecule has 1 N–H and O–H groups in total. The number of methoxy groups -OCH3 is 1. The van der Waals surface area contributed by atoms with Gasteiger partial charge in [0.1, 0.15) is 0 Å². The lowest BCUT2D eigenvalue weighted by Gasteiger charge is -2.20. The largest absolute Gasteiger partial charge is 0.382 e. The Balaban J connectivity index is 3.71. The van der Waals surface area contributed by atoms with Gasteiger partial charge < -0.3 is 10.1 Å². The quantitative estimate of drug-likeness (QED) is 0.586. The Morgan fingerprint density at radius 2 is 2.23 bits per heavy atom. The van der Waals surface area contributed by atoms with Crippen molar-refractivity contribution in [1.29, 1.82) is 0 Å². The Morgan fingerprint density at radius 3 is 2.69 bits per heavy atom. The summed E-state index contributed by atoms with van der Waals surface area (Å²) in [5.41, 5.74) is 0. The molecule has 0 radical (unpaired) electrons. The SMILES string of the molecule is C=CCC(CC(C)OC)NCCC. The van der Waals surface area contributed by atoms with Gasteiger partial charge in [-0.15, -0.1) is 6.58 Å². The highest BCUT2D eigenvalue weighted by Crippen LogP contribution is 2.05. The first-order valence-corrected chi connectivity index (χ1v) is 5.11. The second-order valence-electron chi connectivity index (χ2n) is 3.46. The first kappa shape index (κ1) is 12.7. The molecule has 2 nitrogen and oxygen atoms in total. The molecule has 0 saturated heterocycles. The van der Waals surface area contributed by atoms with Crippen LogP contribution in [0.15, 0.2) is 12.7 Å². The van der Waals surface area contributed by atoms with Crippen LogP contribution < -0.4 is 5.32 Å². The van der Waals surface area contributed by atoms with Gasteiger partial charge in [-0.2, -0.15) is 0 Å². The molecule has 78 valence electrons. The molecule has 0 aromatic heterocycles. The number of nitrogens with one attached hydrogen (secondary N) is 1. The van der Waals surface area contributed by atoms with E-state index < -0.39 is 0 Å². The minimum absolute atomic E-state index is 0.328. The van der Waals surface area contributed by atoms with E-state index in [4.69, 9.17) is 4.74 Å². The van der Waals surface area contributed by atoms with Gasteiger partial charge >= 0.3 is 0 Å². The molecule has 2 unspecified atom stereocenters. The number of hydrogen-bond donors (Lipinski definition) is 1. The van der Waals surface area contributed by atoms with Crippen LogP contribution >= 0.6 is 0 Å². The third-order valence-electron chi connectivity index (χ3n) is 2.15. The average molecular weight is 185 g/mol. The second kappa shape index (κ2) is 8.27. The lowest BCUT2D eigenvalue weighted by molar-refractivity contribution is 0.101. The van der Waals surface area contributed by atoms with E-state index in [0.29, 0.717) is 12.1 Å². The van der Waals surface area contributed by atoms with Gasteiger partial charge in [-0.3, -0.25) is 0 Å². The Labute approximate surface area is 82.4 Å². The molecule has 2 heteroatoms. The molecule has 0 saturated carbocycles. The van der Waals surface area contributed by atoms with E-state index in [-0.39, 0.29) is 0 Å². The Bertz CT molecular complexity index is 125. The summed E-state index contributed by atoms with van der Waals surface area (Å²) in [6.45, 7) is 9.12. The maximum atomic E-state index is 5.23.